The second-order valence-electron chi connectivity index (χ2n) is 6.49. The first-order valence-corrected chi connectivity index (χ1v) is 8.57. The normalized spacial score (nSPS) is 20.3. The van der Waals surface area contributed by atoms with Crippen LogP contribution in [0.15, 0.2) is 48.7 Å². The standard InChI is InChI=1S/C20H24N2O3/c1-16-8-6-12-21-18(16)19(23)22-13-7-11-20(14-22,24-2)15-25-17-9-4-3-5-10-17/h3-6,8-10,12H,7,11,13-15H2,1-2H3/t20-/m0/s1. The summed E-state index contributed by atoms with van der Waals surface area (Å²) in [6.07, 6.45) is 3.40. The highest BCUT2D eigenvalue weighted by Crippen LogP contribution is 2.27. The third-order valence-corrected chi connectivity index (χ3v) is 4.72. The largest absolute Gasteiger partial charge is 0.491 e. The summed E-state index contributed by atoms with van der Waals surface area (Å²) in [6, 6.07) is 13.4. The molecule has 2 aromatic rings. The number of carbonyl (C=O) groups excluding carboxylic acids is 1. The van der Waals surface area contributed by atoms with Gasteiger partial charge in [-0.2, -0.15) is 0 Å². The summed E-state index contributed by atoms with van der Waals surface area (Å²) in [5, 5.41) is 0. The fourth-order valence-electron chi connectivity index (χ4n) is 3.21. The van der Waals surface area contributed by atoms with Crippen molar-refractivity contribution in [1.29, 1.82) is 0 Å². The highest BCUT2D eigenvalue weighted by molar-refractivity contribution is 5.93. The van der Waals surface area contributed by atoms with Crippen molar-refractivity contribution < 1.29 is 14.3 Å². The zero-order valence-electron chi connectivity index (χ0n) is 14.8. The lowest BCUT2D eigenvalue weighted by molar-refractivity contribution is -0.0825. The molecule has 1 fully saturated rings. The van der Waals surface area contributed by atoms with Crippen molar-refractivity contribution in [3.05, 3.63) is 59.9 Å². The summed E-state index contributed by atoms with van der Waals surface area (Å²) in [7, 11) is 1.69. The number of nitrogens with zero attached hydrogens (tertiary/aromatic N) is 2. The van der Waals surface area contributed by atoms with Gasteiger partial charge in [0.1, 0.15) is 23.7 Å². The van der Waals surface area contributed by atoms with Crippen molar-refractivity contribution in [2.45, 2.75) is 25.4 Å². The number of methoxy groups -OCH3 is 1. The van der Waals surface area contributed by atoms with Gasteiger partial charge in [-0.25, -0.2) is 0 Å². The minimum atomic E-state index is -0.494. The van der Waals surface area contributed by atoms with Crippen LogP contribution < -0.4 is 4.74 Å². The Bertz CT molecular complexity index is 720. The van der Waals surface area contributed by atoms with E-state index in [4.69, 9.17) is 9.47 Å². The number of aryl methyl sites for hydroxylation is 1. The predicted molar refractivity (Wildman–Crippen MR) is 95.8 cm³/mol. The Morgan fingerprint density at radius 3 is 2.76 bits per heavy atom. The molecule has 0 aliphatic carbocycles. The molecular formula is C20H24N2O3. The molecule has 1 atom stereocenters. The molecule has 1 amide bonds. The van der Waals surface area contributed by atoms with Gasteiger partial charge in [0.2, 0.25) is 0 Å². The minimum Gasteiger partial charge on any atom is -0.491 e. The van der Waals surface area contributed by atoms with Crippen LogP contribution in [0.1, 0.15) is 28.9 Å². The molecule has 1 aliphatic rings. The van der Waals surface area contributed by atoms with E-state index in [1.165, 1.54) is 0 Å². The maximum absolute atomic E-state index is 12.9. The first-order valence-electron chi connectivity index (χ1n) is 8.57. The molecule has 0 saturated carbocycles. The number of aromatic nitrogens is 1. The highest BCUT2D eigenvalue weighted by Gasteiger charge is 2.39. The molecule has 3 rings (SSSR count). The van der Waals surface area contributed by atoms with E-state index < -0.39 is 5.60 Å². The predicted octanol–water partition coefficient (Wildman–Crippen LogP) is 3.09. The summed E-state index contributed by atoms with van der Waals surface area (Å²) in [6.45, 7) is 3.54. The molecule has 1 aromatic heterocycles. The minimum absolute atomic E-state index is 0.0427. The van der Waals surface area contributed by atoms with Crippen LogP contribution in [0.25, 0.3) is 0 Å². The van der Waals surface area contributed by atoms with Gasteiger partial charge >= 0.3 is 0 Å². The van der Waals surface area contributed by atoms with Gasteiger partial charge < -0.3 is 14.4 Å². The lowest BCUT2D eigenvalue weighted by atomic mass is 9.93. The van der Waals surface area contributed by atoms with Crippen LogP contribution in [0, 0.1) is 6.92 Å². The van der Waals surface area contributed by atoms with E-state index in [0.29, 0.717) is 25.4 Å². The first kappa shape index (κ1) is 17.4. The smallest absolute Gasteiger partial charge is 0.272 e. The van der Waals surface area contributed by atoms with Gasteiger partial charge in [-0.3, -0.25) is 9.78 Å². The summed E-state index contributed by atoms with van der Waals surface area (Å²) in [4.78, 5) is 19.0. The number of amides is 1. The number of rotatable bonds is 5. The summed E-state index contributed by atoms with van der Waals surface area (Å²) in [5.74, 6) is 0.766. The molecule has 5 nitrogen and oxygen atoms in total. The second-order valence-corrected chi connectivity index (χ2v) is 6.49. The monoisotopic (exact) mass is 340 g/mol. The number of para-hydroxylation sites is 1. The van der Waals surface area contributed by atoms with Crippen LogP contribution in [0.4, 0.5) is 0 Å². The van der Waals surface area contributed by atoms with Gasteiger partial charge in [0.05, 0.1) is 6.54 Å². The third kappa shape index (κ3) is 3.99. The van der Waals surface area contributed by atoms with E-state index in [0.717, 1.165) is 24.2 Å². The van der Waals surface area contributed by atoms with E-state index in [1.54, 1.807) is 13.3 Å². The number of hydrogen-bond acceptors (Lipinski definition) is 4. The molecule has 0 spiro atoms. The van der Waals surface area contributed by atoms with Gasteiger partial charge in [-0.1, -0.05) is 24.3 Å². The molecule has 25 heavy (non-hydrogen) atoms. The van der Waals surface area contributed by atoms with Gasteiger partial charge in [-0.05, 0) is 43.5 Å². The molecule has 1 aliphatic heterocycles. The van der Waals surface area contributed by atoms with Crippen LogP contribution in [-0.2, 0) is 4.74 Å². The van der Waals surface area contributed by atoms with Crippen LogP contribution in [0.3, 0.4) is 0 Å². The summed E-state index contributed by atoms with van der Waals surface area (Å²) < 4.78 is 11.7. The first-order chi connectivity index (χ1) is 12.1. The summed E-state index contributed by atoms with van der Waals surface area (Å²) in [5.41, 5.74) is 0.909. The van der Waals surface area contributed by atoms with Crippen LogP contribution in [0.5, 0.6) is 5.75 Å². The van der Waals surface area contributed by atoms with E-state index in [1.807, 2.05) is 54.3 Å². The van der Waals surface area contributed by atoms with Crippen molar-refractivity contribution in [3.63, 3.8) is 0 Å². The van der Waals surface area contributed by atoms with Crippen molar-refractivity contribution >= 4 is 5.91 Å². The Balaban J connectivity index is 1.71. The van der Waals surface area contributed by atoms with E-state index >= 15 is 0 Å². The average Bonchev–Trinajstić information content (AvgIpc) is 2.67. The zero-order chi connectivity index (χ0) is 17.7. The van der Waals surface area contributed by atoms with Crippen molar-refractivity contribution in [2.24, 2.45) is 0 Å². The number of likely N-dealkylation sites (tertiary alicyclic amines) is 1. The Morgan fingerprint density at radius 2 is 2.04 bits per heavy atom. The summed E-state index contributed by atoms with van der Waals surface area (Å²) >= 11 is 0. The quantitative estimate of drug-likeness (QED) is 0.839. The molecule has 2 heterocycles. The van der Waals surface area contributed by atoms with Crippen LogP contribution >= 0.6 is 0 Å². The molecule has 0 radical (unpaired) electrons. The lowest BCUT2D eigenvalue weighted by Crippen LogP contribution is -2.54. The Morgan fingerprint density at radius 1 is 1.24 bits per heavy atom. The zero-order valence-corrected chi connectivity index (χ0v) is 14.8. The fraction of sp³-hybridized carbons (Fsp3) is 0.400. The highest BCUT2D eigenvalue weighted by atomic mass is 16.5. The van der Waals surface area contributed by atoms with Gasteiger partial charge in [0.15, 0.2) is 0 Å². The maximum atomic E-state index is 12.9. The second kappa shape index (κ2) is 7.66. The van der Waals surface area contributed by atoms with E-state index in [-0.39, 0.29) is 5.91 Å². The molecule has 5 heteroatoms. The van der Waals surface area contributed by atoms with Gasteiger partial charge in [-0.15, -0.1) is 0 Å². The van der Waals surface area contributed by atoms with Crippen molar-refractivity contribution in [3.8, 4) is 5.75 Å². The molecule has 1 aromatic carbocycles. The number of carbonyl (C=O) groups is 1. The average molecular weight is 340 g/mol. The lowest BCUT2D eigenvalue weighted by Gasteiger charge is -2.41. The van der Waals surface area contributed by atoms with Crippen LogP contribution in [0.2, 0.25) is 0 Å². The molecule has 1 saturated heterocycles. The molecule has 0 N–H and O–H groups in total. The number of pyridine rings is 1. The van der Waals surface area contributed by atoms with Crippen molar-refractivity contribution in [2.75, 3.05) is 26.8 Å². The fourth-order valence-corrected chi connectivity index (χ4v) is 3.21. The van der Waals surface area contributed by atoms with E-state index in [2.05, 4.69) is 4.98 Å². The Kier molecular flexibility index (Phi) is 5.34. The van der Waals surface area contributed by atoms with Crippen LogP contribution in [-0.4, -0.2) is 48.2 Å². The molecule has 0 unspecified atom stereocenters. The third-order valence-electron chi connectivity index (χ3n) is 4.72. The van der Waals surface area contributed by atoms with Crippen molar-refractivity contribution in [1.82, 2.24) is 9.88 Å². The Labute approximate surface area is 148 Å². The molecule has 0 bridgehead atoms. The number of hydrogen-bond donors (Lipinski definition) is 0. The molecular weight excluding hydrogens is 316 g/mol. The SMILES string of the molecule is CO[C@@]1(COc2ccccc2)CCCN(C(=O)c2ncccc2C)C1. The number of benzene rings is 1. The molecule has 132 valence electrons. The number of ether oxygens (including phenoxy) is 2. The Hall–Kier alpha value is -2.40. The number of piperidine rings is 1. The van der Waals surface area contributed by atoms with Gasteiger partial charge in [0, 0.05) is 19.9 Å². The van der Waals surface area contributed by atoms with Gasteiger partial charge in [0.25, 0.3) is 5.91 Å². The topological polar surface area (TPSA) is 51.7 Å². The maximum Gasteiger partial charge on any atom is 0.272 e. The van der Waals surface area contributed by atoms with E-state index in [9.17, 15) is 4.79 Å².